The van der Waals surface area contributed by atoms with Crippen LogP contribution in [0.3, 0.4) is 0 Å². The second kappa shape index (κ2) is 3.31. The molecule has 2 aliphatic carbocycles. The lowest BCUT2D eigenvalue weighted by atomic mass is 9.95. The minimum Gasteiger partial charge on any atom is -0.372 e. The molecule has 0 amide bonds. The first-order chi connectivity index (χ1) is 7.26. The summed E-state index contributed by atoms with van der Waals surface area (Å²) in [6, 6.07) is 0. The van der Waals surface area contributed by atoms with Crippen molar-refractivity contribution >= 4 is 6.29 Å². The lowest BCUT2D eigenvalue weighted by Gasteiger charge is -2.24. The van der Waals surface area contributed by atoms with E-state index in [1.54, 1.807) is 0 Å². The first-order valence-electron chi connectivity index (χ1n) is 6.40. The van der Waals surface area contributed by atoms with Crippen LogP contribution in [0.5, 0.6) is 0 Å². The maximum atomic E-state index is 10.9. The van der Waals surface area contributed by atoms with Crippen LogP contribution >= 0.6 is 0 Å². The molecule has 0 aromatic rings. The van der Waals surface area contributed by atoms with Crippen molar-refractivity contribution in [1.82, 2.24) is 0 Å². The normalized spacial score (nSPS) is 35.9. The quantitative estimate of drug-likeness (QED) is 0.667. The van der Waals surface area contributed by atoms with E-state index >= 15 is 0 Å². The largest absolute Gasteiger partial charge is 0.372 e. The van der Waals surface area contributed by atoms with E-state index in [1.165, 1.54) is 44.8 Å². The van der Waals surface area contributed by atoms with Gasteiger partial charge in [0.05, 0.1) is 11.7 Å². The monoisotopic (exact) mass is 208 g/mol. The maximum absolute atomic E-state index is 10.9. The maximum Gasteiger partial charge on any atom is 0.126 e. The van der Waals surface area contributed by atoms with Crippen LogP contribution in [0.1, 0.15) is 57.8 Å². The molecule has 3 fully saturated rings. The van der Waals surface area contributed by atoms with Crippen molar-refractivity contribution < 1.29 is 9.53 Å². The molecule has 2 nitrogen and oxygen atoms in total. The molecule has 0 aromatic heterocycles. The van der Waals surface area contributed by atoms with E-state index in [9.17, 15) is 4.79 Å². The summed E-state index contributed by atoms with van der Waals surface area (Å²) >= 11 is 0. The Kier molecular flexibility index (Phi) is 2.17. The number of rotatable bonds is 3. The highest BCUT2D eigenvalue weighted by Crippen LogP contribution is 2.52. The molecule has 2 heteroatoms. The van der Waals surface area contributed by atoms with Crippen LogP contribution in [-0.4, -0.2) is 18.0 Å². The van der Waals surface area contributed by atoms with Crippen molar-refractivity contribution in [3.05, 3.63) is 0 Å². The average molecular weight is 208 g/mol. The third kappa shape index (κ3) is 1.73. The summed E-state index contributed by atoms with van der Waals surface area (Å²) in [6.07, 6.45) is 12.4. The van der Waals surface area contributed by atoms with Crippen LogP contribution < -0.4 is 0 Å². The topological polar surface area (TPSA) is 26.3 Å². The van der Waals surface area contributed by atoms with E-state index in [0.717, 1.165) is 19.3 Å². The van der Waals surface area contributed by atoms with Gasteiger partial charge in [-0.3, -0.25) is 0 Å². The van der Waals surface area contributed by atoms with Gasteiger partial charge in [-0.25, -0.2) is 0 Å². The summed E-state index contributed by atoms with van der Waals surface area (Å²) < 4.78 is 6.23. The SMILES string of the molecule is O=CC1(CC2CCC3(CCCC3)O2)CC1. The van der Waals surface area contributed by atoms with E-state index in [2.05, 4.69) is 0 Å². The zero-order valence-corrected chi connectivity index (χ0v) is 9.34. The number of hydrogen-bond acceptors (Lipinski definition) is 2. The molecule has 0 radical (unpaired) electrons. The zero-order chi connectivity index (χ0) is 10.4. The number of hydrogen-bond donors (Lipinski definition) is 0. The molecule has 0 bridgehead atoms. The van der Waals surface area contributed by atoms with E-state index in [4.69, 9.17) is 4.74 Å². The molecule has 0 aromatic carbocycles. The Labute approximate surface area is 91.4 Å². The number of ether oxygens (including phenoxy) is 1. The molecule has 1 heterocycles. The first-order valence-corrected chi connectivity index (χ1v) is 6.40. The number of carbonyl (C=O) groups excluding carboxylic acids is 1. The molecular weight excluding hydrogens is 188 g/mol. The molecule has 84 valence electrons. The fourth-order valence-electron chi connectivity index (χ4n) is 3.41. The fourth-order valence-corrected chi connectivity index (χ4v) is 3.41. The standard InChI is InChI=1S/C13H20O2/c14-10-12(7-8-12)9-11-3-6-13(15-11)4-1-2-5-13/h10-11H,1-9H2. The van der Waals surface area contributed by atoms with Crippen LogP contribution in [0.4, 0.5) is 0 Å². The molecule has 0 N–H and O–H groups in total. The van der Waals surface area contributed by atoms with E-state index in [0.29, 0.717) is 6.10 Å². The molecule has 1 unspecified atom stereocenters. The van der Waals surface area contributed by atoms with Gasteiger partial charge in [0.25, 0.3) is 0 Å². The molecule has 3 rings (SSSR count). The summed E-state index contributed by atoms with van der Waals surface area (Å²) in [7, 11) is 0. The van der Waals surface area contributed by atoms with E-state index < -0.39 is 0 Å². The van der Waals surface area contributed by atoms with Crippen molar-refractivity contribution in [2.75, 3.05) is 0 Å². The van der Waals surface area contributed by atoms with E-state index in [-0.39, 0.29) is 11.0 Å². The molecule has 15 heavy (non-hydrogen) atoms. The van der Waals surface area contributed by atoms with Crippen molar-refractivity contribution in [2.24, 2.45) is 5.41 Å². The Morgan fingerprint density at radius 2 is 1.87 bits per heavy atom. The smallest absolute Gasteiger partial charge is 0.126 e. The summed E-state index contributed by atoms with van der Waals surface area (Å²) in [6.45, 7) is 0. The van der Waals surface area contributed by atoms with Crippen molar-refractivity contribution in [3.8, 4) is 0 Å². The second-order valence-corrected chi connectivity index (χ2v) is 5.85. The summed E-state index contributed by atoms with van der Waals surface area (Å²) in [4.78, 5) is 10.9. The Morgan fingerprint density at radius 3 is 2.47 bits per heavy atom. The van der Waals surface area contributed by atoms with Crippen LogP contribution in [0.2, 0.25) is 0 Å². The van der Waals surface area contributed by atoms with Crippen molar-refractivity contribution in [3.63, 3.8) is 0 Å². The Balaban J connectivity index is 1.59. The summed E-state index contributed by atoms with van der Waals surface area (Å²) in [5, 5.41) is 0. The predicted octanol–water partition coefficient (Wildman–Crippen LogP) is 2.85. The molecular formula is C13H20O2. The third-order valence-corrected chi connectivity index (χ3v) is 4.63. The van der Waals surface area contributed by atoms with Gasteiger partial charge >= 0.3 is 0 Å². The molecule has 1 atom stereocenters. The third-order valence-electron chi connectivity index (χ3n) is 4.63. The number of carbonyl (C=O) groups is 1. The van der Waals surface area contributed by atoms with Gasteiger partial charge in [-0.15, -0.1) is 0 Å². The van der Waals surface area contributed by atoms with Gasteiger partial charge in [-0.1, -0.05) is 12.8 Å². The lowest BCUT2D eigenvalue weighted by molar-refractivity contribution is -0.114. The summed E-state index contributed by atoms with van der Waals surface area (Å²) in [5.74, 6) is 0. The minimum atomic E-state index is 0.0365. The lowest BCUT2D eigenvalue weighted by Crippen LogP contribution is -2.26. The molecule has 2 saturated carbocycles. The van der Waals surface area contributed by atoms with Gasteiger partial charge < -0.3 is 9.53 Å². The van der Waals surface area contributed by atoms with Crippen LogP contribution in [0, 0.1) is 5.41 Å². The van der Waals surface area contributed by atoms with Gasteiger partial charge in [0.15, 0.2) is 0 Å². The molecule has 1 aliphatic heterocycles. The Bertz CT molecular complexity index is 262. The van der Waals surface area contributed by atoms with Crippen LogP contribution in [-0.2, 0) is 9.53 Å². The second-order valence-electron chi connectivity index (χ2n) is 5.85. The van der Waals surface area contributed by atoms with Crippen molar-refractivity contribution in [1.29, 1.82) is 0 Å². The van der Waals surface area contributed by atoms with Gasteiger partial charge in [0.2, 0.25) is 0 Å². The molecule has 1 spiro atoms. The average Bonchev–Trinajstić information content (AvgIpc) is 2.71. The fraction of sp³-hybridized carbons (Fsp3) is 0.923. The highest BCUT2D eigenvalue weighted by molar-refractivity contribution is 5.63. The first kappa shape index (κ1) is 9.83. The molecule has 1 saturated heterocycles. The minimum absolute atomic E-state index is 0.0365. The van der Waals surface area contributed by atoms with Gasteiger partial charge in [0, 0.05) is 5.41 Å². The zero-order valence-electron chi connectivity index (χ0n) is 9.34. The van der Waals surface area contributed by atoms with Crippen LogP contribution in [0.25, 0.3) is 0 Å². The Morgan fingerprint density at radius 1 is 1.13 bits per heavy atom. The predicted molar refractivity (Wildman–Crippen MR) is 57.7 cm³/mol. The number of aldehydes is 1. The Hall–Kier alpha value is -0.370. The van der Waals surface area contributed by atoms with Crippen molar-refractivity contribution in [2.45, 2.75) is 69.5 Å². The van der Waals surface area contributed by atoms with Gasteiger partial charge in [0.1, 0.15) is 6.29 Å². The highest BCUT2D eigenvalue weighted by Gasteiger charge is 2.49. The van der Waals surface area contributed by atoms with Crippen LogP contribution in [0.15, 0.2) is 0 Å². The van der Waals surface area contributed by atoms with E-state index in [1.807, 2.05) is 0 Å². The summed E-state index contributed by atoms with van der Waals surface area (Å²) in [5.41, 5.74) is 0.276. The van der Waals surface area contributed by atoms with Gasteiger partial charge in [-0.2, -0.15) is 0 Å². The molecule has 3 aliphatic rings. The van der Waals surface area contributed by atoms with Gasteiger partial charge in [-0.05, 0) is 44.9 Å². The highest BCUT2D eigenvalue weighted by atomic mass is 16.5.